The molecule has 1 saturated carbocycles. The van der Waals surface area contributed by atoms with Gasteiger partial charge in [-0.3, -0.25) is 4.18 Å². The van der Waals surface area contributed by atoms with E-state index in [1.807, 2.05) is 0 Å². The van der Waals surface area contributed by atoms with Crippen molar-refractivity contribution in [3.8, 4) is 0 Å². The number of fused-ring (bicyclic) bond motifs is 3. The molecular formula is C12H19NO10S2. The zero-order chi connectivity index (χ0) is 18.1. The molecule has 4 fully saturated rings. The van der Waals surface area contributed by atoms with Gasteiger partial charge in [0.05, 0.1) is 6.61 Å². The van der Waals surface area contributed by atoms with Crippen LogP contribution >= 0.6 is 0 Å². The molecule has 4 rings (SSSR count). The largest absolute Gasteiger partial charge is 0.400 e. The fourth-order valence-electron chi connectivity index (χ4n) is 3.09. The van der Waals surface area contributed by atoms with Crippen LogP contribution in [0.5, 0.6) is 0 Å². The minimum Gasteiger partial charge on any atom is -0.343 e. The van der Waals surface area contributed by atoms with Gasteiger partial charge in [-0.15, -0.1) is 0 Å². The average molecular weight is 401 g/mol. The first kappa shape index (κ1) is 18.0. The minimum absolute atomic E-state index is 0.121. The van der Waals surface area contributed by atoms with Gasteiger partial charge in [0.15, 0.2) is 5.79 Å². The van der Waals surface area contributed by atoms with Crippen molar-refractivity contribution in [3.05, 3.63) is 0 Å². The highest BCUT2D eigenvalue weighted by atomic mass is 32.3. The highest BCUT2D eigenvalue weighted by Gasteiger charge is 2.66. The van der Waals surface area contributed by atoms with Crippen LogP contribution in [0.1, 0.15) is 26.7 Å². The Morgan fingerprint density at radius 2 is 1.96 bits per heavy atom. The lowest BCUT2D eigenvalue weighted by atomic mass is 9.98. The first-order valence-electron chi connectivity index (χ1n) is 7.79. The van der Waals surface area contributed by atoms with Crippen molar-refractivity contribution in [1.82, 2.24) is 4.72 Å². The Morgan fingerprint density at radius 1 is 1.24 bits per heavy atom. The second-order valence-electron chi connectivity index (χ2n) is 6.88. The van der Waals surface area contributed by atoms with Gasteiger partial charge in [0.2, 0.25) is 5.79 Å². The predicted octanol–water partition coefficient (Wildman–Crippen LogP) is -1.09. The van der Waals surface area contributed by atoms with E-state index in [4.69, 9.17) is 26.8 Å². The summed E-state index contributed by atoms with van der Waals surface area (Å²) in [6, 6.07) is -0.121. The SMILES string of the molecule is CC1(C)O[C@H]2[C@@H]3OS(=O)(=O)O[C@@H]3CO[C@@]2(COS(=O)(=O)NC2CC2)O1. The maximum atomic E-state index is 12.0. The molecule has 0 radical (unpaired) electrons. The second kappa shape index (κ2) is 5.56. The van der Waals surface area contributed by atoms with Gasteiger partial charge in [0, 0.05) is 6.04 Å². The van der Waals surface area contributed by atoms with Gasteiger partial charge < -0.3 is 14.2 Å². The summed E-state index contributed by atoms with van der Waals surface area (Å²) >= 11 is 0. The number of rotatable bonds is 5. The topological polar surface area (TPSA) is 136 Å². The summed E-state index contributed by atoms with van der Waals surface area (Å²) in [6.07, 6.45) is -1.46. The number of ether oxygens (including phenoxy) is 3. The van der Waals surface area contributed by atoms with Crippen LogP contribution in [0.2, 0.25) is 0 Å². The van der Waals surface area contributed by atoms with Crippen LogP contribution in [0, 0.1) is 0 Å². The van der Waals surface area contributed by atoms with Gasteiger partial charge in [-0.25, -0.2) is 8.37 Å². The first-order valence-corrected chi connectivity index (χ1v) is 10.5. The summed E-state index contributed by atoms with van der Waals surface area (Å²) in [7, 11) is -8.17. The van der Waals surface area contributed by atoms with Gasteiger partial charge in [0.25, 0.3) is 0 Å². The van der Waals surface area contributed by atoms with E-state index in [1.54, 1.807) is 13.8 Å². The molecule has 1 aliphatic carbocycles. The van der Waals surface area contributed by atoms with Crippen molar-refractivity contribution in [2.75, 3.05) is 13.2 Å². The van der Waals surface area contributed by atoms with Crippen molar-refractivity contribution in [1.29, 1.82) is 0 Å². The molecule has 3 saturated heterocycles. The van der Waals surface area contributed by atoms with Crippen LogP contribution in [-0.4, -0.2) is 66.0 Å². The maximum absolute atomic E-state index is 12.0. The summed E-state index contributed by atoms with van der Waals surface area (Å²) in [5.74, 6) is -2.79. The Labute approximate surface area is 145 Å². The molecule has 1 N–H and O–H groups in total. The molecule has 4 aliphatic rings. The lowest BCUT2D eigenvalue weighted by Gasteiger charge is -2.39. The van der Waals surface area contributed by atoms with Crippen LogP contribution in [0.25, 0.3) is 0 Å². The summed E-state index contributed by atoms with van der Waals surface area (Å²) in [4.78, 5) is 0. The molecule has 144 valence electrons. The maximum Gasteiger partial charge on any atom is 0.400 e. The molecule has 0 unspecified atom stereocenters. The van der Waals surface area contributed by atoms with Gasteiger partial charge in [0.1, 0.15) is 24.9 Å². The molecule has 3 heterocycles. The van der Waals surface area contributed by atoms with Crippen LogP contribution in [0.15, 0.2) is 0 Å². The molecular weight excluding hydrogens is 382 g/mol. The van der Waals surface area contributed by atoms with Crippen molar-refractivity contribution in [2.45, 2.75) is 62.6 Å². The normalized spacial score (nSPS) is 42.1. The summed E-state index contributed by atoms with van der Waals surface area (Å²) in [5.41, 5.74) is 0. The molecule has 0 aromatic rings. The number of nitrogens with one attached hydrogen (secondary N) is 1. The van der Waals surface area contributed by atoms with Crippen LogP contribution < -0.4 is 4.72 Å². The van der Waals surface area contributed by atoms with E-state index in [0.29, 0.717) is 0 Å². The average Bonchev–Trinajstić information content (AvgIpc) is 3.12. The van der Waals surface area contributed by atoms with E-state index in [2.05, 4.69) is 4.72 Å². The Hall–Kier alpha value is -0.380. The fraction of sp³-hybridized carbons (Fsp3) is 1.00. The Morgan fingerprint density at radius 3 is 2.64 bits per heavy atom. The van der Waals surface area contributed by atoms with Gasteiger partial charge in [-0.2, -0.15) is 21.6 Å². The summed E-state index contributed by atoms with van der Waals surface area (Å²) in [6.45, 7) is 2.48. The van der Waals surface area contributed by atoms with Crippen molar-refractivity contribution >= 4 is 20.7 Å². The Bertz CT molecular complexity index is 761. The van der Waals surface area contributed by atoms with E-state index < -0.39 is 57.2 Å². The molecule has 13 heteroatoms. The van der Waals surface area contributed by atoms with Gasteiger partial charge in [-0.05, 0) is 26.7 Å². The molecule has 0 bridgehead atoms. The van der Waals surface area contributed by atoms with E-state index in [-0.39, 0.29) is 12.6 Å². The number of hydrogen-bond donors (Lipinski definition) is 1. The summed E-state index contributed by atoms with van der Waals surface area (Å²) in [5, 5.41) is 0. The second-order valence-corrected chi connectivity index (χ2v) is 9.46. The first-order chi connectivity index (χ1) is 11.5. The van der Waals surface area contributed by atoms with Crippen LogP contribution in [0.4, 0.5) is 0 Å². The molecule has 11 nitrogen and oxygen atoms in total. The number of hydrogen-bond acceptors (Lipinski definition) is 10. The zero-order valence-corrected chi connectivity index (χ0v) is 15.2. The quantitative estimate of drug-likeness (QED) is 0.605. The van der Waals surface area contributed by atoms with Crippen molar-refractivity contribution in [2.24, 2.45) is 0 Å². The summed E-state index contributed by atoms with van der Waals surface area (Å²) < 4.78 is 81.2. The lowest BCUT2D eigenvalue weighted by molar-refractivity contribution is -0.290. The van der Waals surface area contributed by atoms with E-state index in [1.165, 1.54) is 0 Å². The smallest absolute Gasteiger partial charge is 0.343 e. The van der Waals surface area contributed by atoms with E-state index in [9.17, 15) is 16.8 Å². The minimum atomic E-state index is -4.17. The monoisotopic (exact) mass is 401 g/mol. The van der Waals surface area contributed by atoms with Crippen LogP contribution in [0.3, 0.4) is 0 Å². The van der Waals surface area contributed by atoms with E-state index >= 15 is 0 Å². The lowest BCUT2D eigenvalue weighted by Crippen LogP contribution is -2.60. The third-order valence-electron chi connectivity index (χ3n) is 4.19. The van der Waals surface area contributed by atoms with Crippen molar-refractivity contribution < 1.29 is 43.6 Å². The molecule has 0 spiro atoms. The zero-order valence-electron chi connectivity index (χ0n) is 13.5. The van der Waals surface area contributed by atoms with Gasteiger partial charge in [-0.1, -0.05) is 0 Å². The molecule has 0 aromatic heterocycles. The third-order valence-corrected chi connectivity index (χ3v) is 6.18. The standard InChI is InChI=1S/C12H19NO10S2/c1-11(2)20-10-9-8(21-25(16,17)22-9)5-18-12(10,23-11)6-19-24(14,15)13-7-3-4-7/h7-10,13H,3-6H2,1-2H3/t8-,9-,10+,12+/m1/s1. The third kappa shape index (κ3) is 3.57. The molecule has 0 amide bonds. The fourth-order valence-corrected chi connectivity index (χ4v) is 5.13. The Balaban J connectivity index is 1.55. The van der Waals surface area contributed by atoms with Gasteiger partial charge >= 0.3 is 20.7 Å². The molecule has 3 aliphatic heterocycles. The van der Waals surface area contributed by atoms with E-state index in [0.717, 1.165) is 12.8 Å². The molecule has 0 aromatic carbocycles. The molecule has 25 heavy (non-hydrogen) atoms. The predicted molar refractivity (Wildman–Crippen MR) is 78.4 cm³/mol. The van der Waals surface area contributed by atoms with Crippen LogP contribution in [-0.2, 0) is 47.5 Å². The highest BCUT2D eigenvalue weighted by molar-refractivity contribution is 7.84. The van der Waals surface area contributed by atoms with Crippen molar-refractivity contribution in [3.63, 3.8) is 0 Å². The Kier molecular flexibility index (Phi) is 4.00. The molecule has 4 atom stereocenters. The highest BCUT2D eigenvalue weighted by Crippen LogP contribution is 2.46.